The molecule has 8 heterocycles. The van der Waals surface area contributed by atoms with E-state index in [-0.39, 0.29) is 120 Å². The minimum absolute atomic E-state index is 0.0316. The van der Waals surface area contributed by atoms with Gasteiger partial charge in [-0.15, -0.1) is 0 Å². The standard InChI is InChI=1S/C53H54ClF4N9O7/c1-6-31-32-20-30(11-12-38(32)60-44-34(31)24-67-39(44)22-36-35(49(67)69)26-74-50(70)52(36,71)7-2)73-25-28(4)48(68)65-15-16-66(29(5)23-65)47-33-21-37(54)41(46-42(53(56,57)58)27(3)19-40(59)61-46)43(55)45(33)62-51(63-47)72-18-17-64-13-9-8-10-14-64/h11-12,19-22,29,71H,4,6-10,13-18,23-26H2,1-3,5H3,(H2,59,61). The van der Waals surface area contributed by atoms with Crippen molar-refractivity contribution in [1.29, 1.82) is 0 Å². The Kier molecular flexibility index (Phi) is 13.3. The van der Waals surface area contributed by atoms with E-state index in [2.05, 4.69) is 21.4 Å². The zero-order valence-electron chi connectivity index (χ0n) is 41.3. The van der Waals surface area contributed by atoms with Gasteiger partial charge in [-0.3, -0.25) is 14.5 Å². The van der Waals surface area contributed by atoms with Crippen molar-refractivity contribution in [3.05, 3.63) is 103 Å². The molecular formula is C53H54ClF4N9O7. The summed E-state index contributed by atoms with van der Waals surface area (Å²) in [4.78, 5) is 64.3. The lowest BCUT2D eigenvalue weighted by molar-refractivity contribution is -0.172. The van der Waals surface area contributed by atoms with Crippen LogP contribution in [0.15, 0.2) is 53.3 Å². The number of fused-ring (bicyclic) bond motifs is 6. The van der Waals surface area contributed by atoms with E-state index in [1.165, 1.54) is 13.0 Å². The van der Waals surface area contributed by atoms with E-state index < -0.39 is 46.4 Å². The molecule has 4 aliphatic rings. The van der Waals surface area contributed by atoms with Crippen molar-refractivity contribution in [2.24, 2.45) is 0 Å². The third-order valence-corrected chi connectivity index (χ3v) is 15.0. The summed E-state index contributed by atoms with van der Waals surface area (Å²) in [6.07, 6.45) is -1.04. The number of piperidine rings is 1. The number of aliphatic hydroxyl groups is 1. The normalized spacial score (nSPS) is 18.8. The fraction of sp³-hybridized carbons (Fsp3) is 0.415. The summed E-state index contributed by atoms with van der Waals surface area (Å²) >= 11 is 6.72. The molecule has 388 valence electrons. The maximum atomic E-state index is 17.0. The first-order valence-corrected chi connectivity index (χ1v) is 25.1. The number of benzene rings is 2. The Morgan fingerprint density at radius 1 is 0.986 bits per heavy atom. The summed E-state index contributed by atoms with van der Waals surface area (Å²) in [5.74, 6) is -1.87. The van der Waals surface area contributed by atoms with Gasteiger partial charge in [0.1, 0.15) is 42.7 Å². The molecule has 1 amide bonds. The summed E-state index contributed by atoms with van der Waals surface area (Å²) in [6, 6.07) is 8.83. The molecule has 0 saturated carbocycles. The van der Waals surface area contributed by atoms with Gasteiger partial charge < -0.3 is 39.4 Å². The molecule has 21 heteroatoms. The number of halogens is 5. The molecule has 2 unspecified atom stereocenters. The first-order chi connectivity index (χ1) is 35.3. The summed E-state index contributed by atoms with van der Waals surface area (Å²) < 4.78 is 79.7. The Morgan fingerprint density at radius 2 is 1.76 bits per heavy atom. The summed E-state index contributed by atoms with van der Waals surface area (Å²) in [5.41, 5.74) is 4.65. The second-order valence-corrected chi connectivity index (χ2v) is 19.8. The van der Waals surface area contributed by atoms with Crippen molar-refractivity contribution in [2.75, 3.05) is 63.1 Å². The van der Waals surface area contributed by atoms with E-state index in [4.69, 9.17) is 41.5 Å². The number of alkyl halides is 3. The van der Waals surface area contributed by atoms with Crippen LogP contribution in [0.5, 0.6) is 11.8 Å². The highest BCUT2D eigenvalue weighted by atomic mass is 35.5. The van der Waals surface area contributed by atoms with E-state index in [1.807, 2.05) is 24.8 Å². The molecule has 10 rings (SSSR count). The molecule has 2 aromatic carbocycles. The van der Waals surface area contributed by atoms with Crippen LogP contribution in [0.2, 0.25) is 5.02 Å². The largest absolute Gasteiger partial charge is 0.489 e. The number of aryl methyl sites for hydroxylation is 2. The lowest BCUT2D eigenvalue weighted by Gasteiger charge is -2.41. The quantitative estimate of drug-likeness (QED) is 0.0682. The minimum Gasteiger partial charge on any atom is -0.489 e. The van der Waals surface area contributed by atoms with Crippen molar-refractivity contribution in [3.8, 4) is 34.4 Å². The zero-order chi connectivity index (χ0) is 52.5. The molecule has 2 fully saturated rings. The Labute approximate surface area is 427 Å². The second-order valence-electron chi connectivity index (χ2n) is 19.3. The van der Waals surface area contributed by atoms with Crippen molar-refractivity contribution < 1.29 is 46.5 Å². The summed E-state index contributed by atoms with van der Waals surface area (Å²) in [5, 5.41) is 11.9. The van der Waals surface area contributed by atoms with E-state index in [0.717, 1.165) is 54.9 Å². The monoisotopic (exact) mass is 1040 g/mol. The number of anilines is 2. The third kappa shape index (κ3) is 8.82. The Hall–Kier alpha value is -6.90. The van der Waals surface area contributed by atoms with Crippen molar-refractivity contribution in [3.63, 3.8) is 0 Å². The Morgan fingerprint density at radius 3 is 2.47 bits per heavy atom. The van der Waals surface area contributed by atoms with Gasteiger partial charge >= 0.3 is 18.2 Å². The first kappa shape index (κ1) is 50.6. The van der Waals surface area contributed by atoms with Crippen LogP contribution < -0.4 is 25.7 Å². The van der Waals surface area contributed by atoms with Gasteiger partial charge in [-0.2, -0.15) is 23.1 Å². The molecule has 16 nitrogen and oxygen atoms in total. The number of aromatic nitrogens is 5. The second kappa shape index (κ2) is 19.4. The zero-order valence-corrected chi connectivity index (χ0v) is 42.1. The number of carbonyl (C=O) groups excluding carboxylic acids is 2. The Balaban J connectivity index is 0.880. The number of amides is 1. The highest BCUT2D eigenvalue weighted by molar-refractivity contribution is 6.34. The summed E-state index contributed by atoms with van der Waals surface area (Å²) in [6.45, 7) is 13.8. The van der Waals surface area contributed by atoms with Gasteiger partial charge in [0.25, 0.3) is 11.5 Å². The molecular weight excluding hydrogens is 986 g/mol. The van der Waals surface area contributed by atoms with Crippen molar-refractivity contribution in [2.45, 2.75) is 90.8 Å². The van der Waals surface area contributed by atoms with Gasteiger partial charge in [-0.1, -0.05) is 38.4 Å². The van der Waals surface area contributed by atoms with E-state index in [0.29, 0.717) is 35.6 Å². The highest BCUT2D eigenvalue weighted by Gasteiger charge is 2.46. The number of esters is 1. The molecule has 0 bridgehead atoms. The van der Waals surface area contributed by atoms with E-state index >= 15 is 4.39 Å². The molecule has 2 saturated heterocycles. The predicted molar refractivity (Wildman–Crippen MR) is 270 cm³/mol. The molecule has 74 heavy (non-hydrogen) atoms. The number of hydrogen-bond acceptors (Lipinski definition) is 14. The van der Waals surface area contributed by atoms with Crippen LogP contribution in [-0.2, 0) is 45.7 Å². The first-order valence-electron chi connectivity index (χ1n) is 24.7. The fourth-order valence-electron chi connectivity index (χ4n) is 10.9. The number of nitrogens with two attached hydrogens (primary N) is 1. The lowest BCUT2D eigenvalue weighted by atomic mass is 9.86. The van der Waals surface area contributed by atoms with Gasteiger partial charge in [-0.25, -0.2) is 19.2 Å². The topological polar surface area (TPSA) is 191 Å². The van der Waals surface area contributed by atoms with E-state index in [9.17, 15) is 32.7 Å². The number of carbonyl (C=O) groups is 2. The van der Waals surface area contributed by atoms with Crippen LogP contribution in [0.3, 0.4) is 0 Å². The van der Waals surface area contributed by atoms with Crippen molar-refractivity contribution in [1.82, 2.24) is 34.3 Å². The number of rotatable bonds is 12. The fourth-order valence-corrected chi connectivity index (χ4v) is 11.2. The number of hydrogen-bond donors (Lipinski definition) is 2. The van der Waals surface area contributed by atoms with Gasteiger partial charge in [0.2, 0.25) is 0 Å². The van der Waals surface area contributed by atoms with Crippen LogP contribution >= 0.6 is 11.6 Å². The SMILES string of the molecule is C=C(COc1ccc2nc3c(c(CC)c2c1)Cn1c-3cc2c(c1=O)COC(=O)C2(O)CC)C(=O)N1CCN(c2nc(OCCN3CCCCC3)nc3c(F)c(-c4nc(N)cc(C)c4C(F)(F)F)c(Cl)cc23)C(C)C1. The number of ether oxygens (including phenoxy) is 3. The number of cyclic esters (lactones) is 1. The maximum absolute atomic E-state index is 17.0. The van der Waals surface area contributed by atoms with Crippen LogP contribution in [0.1, 0.15) is 79.8 Å². The number of nitrogen functional groups attached to an aromatic ring is 1. The predicted octanol–water partition coefficient (Wildman–Crippen LogP) is 7.89. The number of piperazine rings is 1. The minimum atomic E-state index is -4.92. The number of likely N-dealkylation sites (tertiary alicyclic amines) is 1. The average Bonchev–Trinajstić information content (AvgIpc) is 3.74. The average molecular weight is 1040 g/mol. The number of pyridine rings is 3. The molecule has 4 aliphatic heterocycles. The van der Waals surface area contributed by atoms with E-state index in [1.54, 1.807) is 34.6 Å². The molecule has 0 aliphatic carbocycles. The van der Waals surface area contributed by atoms with Gasteiger partial charge in [-0.05, 0) is 100 Å². The number of nitrogens with zero attached hydrogens (tertiary/aromatic N) is 8. The van der Waals surface area contributed by atoms with Crippen LogP contribution in [0, 0.1) is 12.7 Å². The smallest absolute Gasteiger partial charge is 0.418 e. The van der Waals surface area contributed by atoms with Crippen LogP contribution in [0.4, 0.5) is 29.2 Å². The molecule has 3 N–H and O–H groups in total. The van der Waals surface area contributed by atoms with Crippen molar-refractivity contribution >= 4 is 56.9 Å². The molecule has 0 radical (unpaired) electrons. The van der Waals surface area contributed by atoms with Gasteiger partial charge in [0.05, 0.1) is 50.9 Å². The van der Waals surface area contributed by atoms with Crippen LogP contribution in [-0.4, -0.2) is 110 Å². The van der Waals surface area contributed by atoms with Crippen LogP contribution in [0.25, 0.3) is 44.5 Å². The molecule has 4 aromatic heterocycles. The lowest BCUT2D eigenvalue weighted by Crippen LogP contribution is -2.54. The molecule has 0 spiro atoms. The molecule has 2 atom stereocenters. The molecule has 6 aromatic rings. The highest BCUT2D eigenvalue weighted by Crippen LogP contribution is 2.46. The Bertz CT molecular complexity index is 3380. The third-order valence-electron chi connectivity index (χ3n) is 14.7. The van der Waals surface area contributed by atoms with Gasteiger partial charge in [0, 0.05) is 59.7 Å². The maximum Gasteiger partial charge on any atom is 0.418 e. The van der Waals surface area contributed by atoms with Gasteiger partial charge in [0.15, 0.2) is 11.4 Å². The summed E-state index contributed by atoms with van der Waals surface area (Å²) in [7, 11) is 0.